The second-order valence-electron chi connectivity index (χ2n) is 12.8. The van der Waals surface area contributed by atoms with Gasteiger partial charge in [0.05, 0.1) is 16.9 Å². The quantitative estimate of drug-likeness (QED) is 0.186. The first-order valence-corrected chi connectivity index (χ1v) is 17.1. The number of furan rings is 1. The van der Waals surface area contributed by atoms with Crippen LogP contribution >= 0.6 is 0 Å². The van der Waals surface area contributed by atoms with Gasteiger partial charge >= 0.3 is 0 Å². The summed E-state index contributed by atoms with van der Waals surface area (Å²) in [4.78, 5) is 15.3. The summed E-state index contributed by atoms with van der Waals surface area (Å²) >= 11 is 0. The summed E-state index contributed by atoms with van der Waals surface area (Å²) in [6.45, 7) is 0. The van der Waals surface area contributed by atoms with Crippen molar-refractivity contribution in [3.8, 4) is 56.3 Å². The van der Waals surface area contributed by atoms with Gasteiger partial charge in [0.25, 0.3) is 0 Å². The molecule has 3 heterocycles. The molecule has 3 aromatic heterocycles. The number of benzene rings is 7. The molecule has 0 saturated heterocycles. The van der Waals surface area contributed by atoms with Crippen molar-refractivity contribution < 1.29 is 4.42 Å². The van der Waals surface area contributed by atoms with Crippen LogP contribution in [0, 0.1) is 0 Å². The van der Waals surface area contributed by atoms with Gasteiger partial charge in [-0.1, -0.05) is 158 Å². The largest absolute Gasteiger partial charge is 0.454 e. The molecule has 0 N–H and O–H groups in total. The molecule has 238 valence electrons. The summed E-state index contributed by atoms with van der Waals surface area (Å²) < 4.78 is 6.68. The van der Waals surface area contributed by atoms with E-state index >= 15 is 0 Å². The van der Waals surface area contributed by atoms with Crippen molar-refractivity contribution in [2.75, 3.05) is 0 Å². The van der Waals surface area contributed by atoms with E-state index in [1.807, 2.05) is 48.5 Å². The van der Waals surface area contributed by atoms with E-state index in [2.05, 4.69) is 127 Å². The molecule has 0 bridgehead atoms. The van der Waals surface area contributed by atoms with Crippen LogP contribution in [0.4, 0.5) is 0 Å². The van der Waals surface area contributed by atoms with Gasteiger partial charge in [0, 0.05) is 38.4 Å². The first-order valence-electron chi connectivity index (χ1n) is 17.1. The van der Waals surface area contributed by atoms with Gasteiger partial charge in [0.15, 0.2) is 11.4 Å². The van der Waals surface area contributed by atoms with Gasteiger partial charge in [-0.25, -0.2) is 15.0 Å². The standard InChI is InChI=1S/C47H29N3O/c1-3-14-32(15-4-1)40-29-41(50-47(49-40)34-16-5-2-6-17-34)33-27-25-31(26-28-33)36-21-12-23-39-43(36)44-38-20-9-10-24-42(38)51-46(44)45(48-39)37-22-11-18-30-13-7-8-19-35(30)37/h1-29H. The smallest absolute Gasteiger partial charge is 0.162 e. The first-order chi connectivity index (χ1) is 25.3. The minimum atomic E-state index is 0.701. The van der Waals surface area contributed by atoms with Crippen LogP contribution in [0.3, 0.4) is 0 Å². The van der Waals surface area contributed by atoms with Crippen LogP contribution < -0.4 is 0 Å². The third kappa shape index (κ3) is 4.96. The molecule has 0 spiro atoms. The van der Waals surface area contributed by atoms with Crippen molar-refractivity contribution in [3.05, 3.63) is 176 Å². The Morgan fingerprint density at radius 2 is 0.980 bits per heavy atom. The van der Waals surface area contributed by atoms with Crippen molar-refractivity contribution in [1.82, 2.24) is 15.0 Å². The highest BCUT2D eigenvalue weighted by Crippen LogP contribution is 2.44. The molecular weight excluding hydrogens is 623 g/mol. The van der Waals surface area contributed by atoms with Gasteiger partial charge < -0.3 is 4.42 Å². The zero-order valence-corrected chi connectivity index (χ0v) is 27.5. The highest BCUT2D eigenvalue weighted by Gasteiger charge is 2.21. The lowest BCUT2D eigenvalue weighted by atomic mass is 9.94. The molecule has 0 atom stereocenters. The number of fused-ring (bicyclic) bond motifs is 6. The minimum absolute atomic E-state index is 0.701. The summed E-state index contributed by atoms with van der Waals surface area (Å²) in [5, 5.41) is 5.55. The molecule has 0 aliphatic rings. The Bertz CT molecular complexity index is 2830. The van der Waals surface area contributed by atoms with Crippen molar-refractivity contribution in [2.45, 2.75) is 0 Å². The molecule has 10 rings (SSSR count). The predicted molar refractivity (Wildman–Crippen MR) is 209 cm³/mol. The second kappa shape index (κ2) is 11.9. The van der Waals surface area contributed by atoms with Gasteiger partial charge in [0.2, 0.25) is 0 Å². The summed E-state index contributed by atoms with van der Waals surface area (Å²) in [5.74, 6) is 0.701. The van der Waals surface area contributed by atoms with Gasteiger partial charge in [0.1, 0.15) is 11.3 Å². The Labute approximate surface area is 294 Å². The number of para-hydroxylation sites is 1. The third-order valence-electron chi connectivity index (χ3n) is 9.70. The summed E-state index contributed by atoms with van der Waals surface area (Å²) in [6, 6.07) is 60.7. The molecule has 0 aliphatic heterocycles. The Kier molecular flexibility index (Phi) is 6.78. The normalized spacial score (nSPS) is 11.5. The molecule has 7 aromatic carbocycles. The number of rotatable bonds is 5. The Hall–Kier alpha value is -6.91. The number of hydrogen-bond donors (Lipinski definition) is 0. The topological polar surface area (TPSA) is 51.8 Å². The van der Waals surface area contributed by atoms with Crippen LogP contribution in [0.25, 0.3) is 99.9 Å². The van der Waals surface area contributed by atoms with E-state index in [1.54, 1.807) is 0 Å². The predicted octanol–water partition coefficient (Wildman–Crippen LogP) is 12.4. The summed E-state index contributed by atoms with van der Waals surface area (Å²) in [7, 11) is 0. The average molecular weight is 652 g/mol. The molecule has 0 fully saturated rings. The maximum atomic E-state index is 6.68. The lowest BCUT2D eigenvalue weighted by Crippen LogP contribution is -1.96. The van der Waals surface area contributed by atoms with Crippen LogP contribution in [-0.2, 0) is 0 Å². The maximum absolute atomic E-state index is 6.68. The van der Waals surface area contributed by atoms with E-state index in [0.29, 0.717) is 5.82 Å². The van der Waals surface area contributed by atoms with Crippen LogP contribution in [-0.4, -0.2) is 15.0 Å². The Balaban J connectivity index is 1.15. The zero-order chi connectivity index (χ0) is 33.7. The molecule has 0 radical (unpaired) electrons. The molecule has 0 saturated carbocycles. The lowest BCUT2D eigenvalue weighted by molar-refractivity contribution is 0.669. The fourth-order valence-electron chi connectivity index (χ4n) is 7.27. The van der Waals surface area contributed by atoms with Gasteiger partial charge in [-0.05, 0) is 40.1 Å². The fourth-order valence-corrected chi connectivity index (χ4v) is 7.27. The van der Waals surface area contributed by atoms with Crippen molar-refractivity contribution in [3.63, 3.8) is 0 Å². The lowest BCUT2D eigenvalue weighted by Gasteiger charge is -2.13. The molecule has 10 aromatic rings. The minimum Gasteiger partial charge on any atom is -0.454 e. The van der Waals surface area contributed by atoms with Crippen molar-refractivity contribution in [2.24, 2.45) is 0 Å². The molecule has 0 amide bonds. The van der Waals surface area contributed by atoms with Crippen LogP contribution in [0.2, 0.25) is 0 Å². The maximum Gasteiger partial charge on any atom is 0.162 e. The first kappa shape index (κ1) is 29.0. The molecule has 4 nitrogen and oxygen atoms in total. The number of hydrogen-bond acceptors (Lipinski definition) is 4. The number of aromatic nitrogens is 3. The van der Waals surface area contributed by atoms with Gasteiger partial charge in [-0.3, -0.25) is 0 Å². The summed E-state index contributed by atoms with van der Waals surface area (Å²) in [6.07, 6.45) is 0. The highest BCUT2D eigenvalue weighted by atomic mass is 16.3. The number of nitrogens with zero attached hydrogens (tertiary/aromatic N) is 3. The Morgan fingerprint density at radius 3 is 1.76 bits per heavy atom. The van der Waals surface area contributed by atoms with E-state index in [9.17, 15) is 0 Å². The monoisotopic (exact) mass is 651 g/mol. The highest BCUT2D eigenvalue weighted by molar-refractivity contribution is 6.25. The second-order valence-corrected chi connectivity index (χ2v) is 12.8. The van der Waals surface area contributed by atoms with Crippen LogP contribution in [0.1, 0.15) is 0 Å². The van der Waals surface area contributed by atoms with E-state index < -0.39 is 0 Å². The molecule has 0 unspecified atom stereocenters. The van der Waals surface area contributed by atoms with E-state index in [1.165, 1.54) is 5.39 Å². The van der Waals surface area contributed by atoms with Crippen LogP contribution in [0.5, 0.6) is 0 Å². The summed E-state index contributed by atoms with van der Waals surface area (Å²) in [5.41, 5.74) is 11.5. The van der Waals surface area contributed by atoms with Crippen molar-refractivity contribution >= 4 is 43.6 Å². The third-order valence-corrected chi connectivity index (χ3v) is 9.70. The SMILES string of the molecule is c1ccc(-c2cc(-c3ccc(-c4cccc5nc(-c6cccc7ccccc67)c6oc7ccccc7c6c45)cc3)nc(-c3ccccc3)n2)cc1. The molecule has 4 heteroatoms. The van der Waals surface area contributed by atoms with Gasteiger partial charge in [-0.15, -0.1) is 0 Å². The van der Waals surface area contributed by atoms with Crippen LogP contribution in [0.15, 0.2) is 180 Å². The van der Waals surface area contributed by atoms with E-state index in [-0.39, 0.29) is 0 Å². The molecule has 0 aliphatic carbocycles. The van der Waals surface area contributed by atoms with E-state index in [0.717, 1.165) is 88.7 Å². The molecular formula is C47H29N3O. The Morgan fingerprint density at radius 1 is 0.392 bits per heavy atom. The zero-order valence-electron chi connectivity index (χ0n) is 27.5. The fraction of sp³-hybridized carbons (Fsp3) is 0. The number of pyridine rings is 1. The van der Waals surface area contributed by atoms with E-state index in [4.69, 9.17) is 19.4 Å². The average Bonchev–Trinajstić information content (AvgIpc) is 3.61. The molecule has 51 heavy (non-hydrogen) atoms. The van der Waals surface area contributed by atoms with Gasteiger partial charge in [-0.2, -0.15) is 0 Å². The van der Waals surface area contributed by atoms with Crippen molar-refractivity contribution in [1.29, 1.82) is 0 Å².